The van der Waals surface area contributed by atoms with Crippen molar-refractivity contribution in [1.82, 2.24) is 0 Å². The lowest BCUT2D eigenvalue weighted by Crippen LogP contribution is -1.98. The highest BCUT2D eigenvalue weighted by Crippen LogP contribution is 2.21. The van der Waals surface area contributed by atoms with Crippen molar-refractivity contribution in [2.24, 2.45) is 0 Å². The molecule has 0 saturated carbocycles. The van der Waals surface area contributed by atoms with Gasteiger partial charge >= 0.3 is 5.97 Å². The normalized spacial score (nSPS) is 10.8. The van der Waals surface area contributed by atoms with Crippen LogP contribution < -0.4 is 0 Å². The van der Waals surface area contributed by atoms with Crippen molar-refractivity contribution >= 4 is 28.0 Å². The Kier molecular flexibility index (Phi) is 4.61. The van der Waals surface area contributed by atoms with Crippen LogP contribution >= 0.6 is 15.9 Å². The molecule has 0 bridgehead atoms. The standard InChI is InChI=1S/C11H9BrF2O2/c1-2-16-10(15)4-3-7-5-8(12)11(14)9(13)6-7/h3-6H,2H2,1H3. The third-order valence-electron chi connectivity index (χ3n) is 1.70. The molecule has 1 aromatic carbocycles. The van der Waals surface area contributed by atoms with Crippen LogP contribution in [0.15, 0.2) is 22.7 Å². The Balaban J connectivity index is 2.86. The van der Waals surface area contributed by atoms with Gasteiger partial charge in [0.2, 0.25) is 0 Å². The van der Waals surface area contributed by atoms with Crippen LogP contribution in [0.25, 0.3) is 6.08 Å². The van der Waals surface area contributed by atoms with E-state index in [1.54, 1.807) is 6.92 Å². The smallest absolute Gasteiger partial charge is 0.330 e. The molecule has 1 aromatic rings. The van der Waals surface area contributed by atoms with Gasteiger partial charge in [-0.05, 0) is 46.6 Å². The van der Waals surface area contributed by atoms with Gasteiger partial charge in [0.15, 0.2) is 11.6 Å². The molecular formula is C11H9BrF2O2. The van der Waals surface area contributed by atoms with Crippen LogP contribution in [0.4, 0.5) is 8.78 Å². The van der Waals surface area contributed by atoms with Crippen molar-refractivity contribution in [3.05, 3.63) is 39.9 Å². The molecule has 0 heterocycles. The van der Waals surface area contributed by atoms with Crippen LogP contribution in [-0.2, 0) is 9.53 Å². The number of hydrogen-bond donors (Lipinski definition) is 0. The number of rotatable bonds is 3. The Morgan fingerprint density at radius 3 is 2.75 bits per heavy atom. The fourth-order valence-corrected chi connectivity index (χ4v) is 1.48. The molecule has 86 valence electrons. The van der Waals surface area contributed by atoms with Crippen molar-refractivity contribution in [3.63, 3.8) is 0 Å². The average molecular weight is 291 g/mol. The third-order valence-corrected chi connectivity index (χ3v) is 2.28. The van der Waals surface area contributed by atoms with Crippen LogP contribution in [0.1, 0.15) is 12.5 Å². The van der Waals surface area contributed by atoms with E-state index in [0.717, 1.165) is 12.1 Å². The number of carbonyl (C=O) groups excluding carboxylic acids is 1. The molecule has 0 aromatic heterocycles. The van der Waals surface area contributed by atoms with Gasteiger partial charge < -0.3 is 4.74 Å². The van der Waals surface area contributed by atoms with Crippen molar-refractivity contribution in [2.45, 2.75) is 6.92 Å². The van der Waals surface area contributed by atoms with Gasteiger partial charge in [-0.3, -0.25) is 0 Å². The highest BCUT2D eigenvalue weighted by atomic mass is 79.9. The van der Waals surface area contributed by atoms with Crippen LogP contribution in [0.3, 0.4) is 0 Å². The zero-order chi connectivity index (χ0) is 12.1. The zero-order valence-corrected chi connectivity index (χ0v) is 10.1. The van der Waals surface area contributed by atoms with E-state index in [1.165, 1.54) is 12.1 Å². The Morgan fingerprint density at radius 2 is 2.19 bits per heavy atom. The monoisotopic (exact) mass is 290 g/mol. The van der Waals surface area contributed by atoms with E-state index in [0.29, 0.717) is 5.56 Å². The second-order valence-corrected chi connectivity index (χ2v) is 3.74. The molecule has 0 amide bonds. The van der Waals surface area contributed by atoms with E-state index in [1.807, 2.05) is 0 Å². The quantitative estimate of drug-likeness (QED) is 0.485. The Bertz CT molecular complexity index is 407. The molecule has 0 aliphatic carbocycles. The summed E-state index contributed by atoms with van der Waals surface area (Å²) in [5.74, 6) is -2.45. The first-order valence-corrected chi connectivity index (χ1v) is 5.33. The summed E-state index contributed by atoms with van der Waals surface area (Å²) in [4.78, 5) is 11.0. The fourth-order valence-electron chi connectivity index (χ4n) is 1.03. The molecule has 2 nitrogen and oxygen atoms in total. The Morgan fingerprint density at radius 1 is 1.50 bits per heavy atom. The molecule has 0 atom stereocenters. The molecule has 16 heavy (non-hydrogen) atoms. The minimum Gasteiger partial charge on any atom is -0.463 e. The maximum Gasteiger partial charge on any atom is 0.330 e. The van der Waals surface area contributed by atoms with Crippen LogP contribution in [-0.4, -0.2) is 12.6 Å². The molecule has 0 radical (unpaired) electrons. The SMILES string of the molecule is CCOC(=O)C=Cc1cc(F)c(F)c(Br)c1. The van der Waals surface area contributed by atoms with E-state index < -0.39 is 17.6 Å². The number of hydrogen-bond acceptors (Lipinski definition) is 2. The number of benzene rings is 1. The number of carbonyl (C=O) groups is 1. The van der Waals surface area contributed by atoms with Crippen LogP contribution in [0.2, 0.25) is 0 Å². The lowest BCUT2D eigenvalue weighted by atomic mass is 10.2. The highest BCUT2D eigenvalue weighted by molar-refractivity contribution is 9.10. The number of esters is 1. The molecule has 0 fully saturated rings. The lowest BCUT2D eigenvalue weighted by molar-refractivity contribution is -0.137. The van der Waals surface area contributed by atoms with Gasteiger partial charge in [0, 0.05) is 6.08 Å². The van der Waals surface area contributed by atoms with Gasteiger partial charge in [-0.25, -0.2) is 13.6 Å². The third kappa shape index (κ3) is 3.41. The molecule has 5 heteroatoms. The largest absolute Gasteiger partial charge is 0.463 e. The topological polar surface area (TPSA) is 26.3 Å². The molecule has 0 spiro atoms. The first kappa shape index (κ1) is 12.8. The number of halogens is 3. The van der Waals surface area contributed by atoms with Gasteiger partial charge in [0.05, 0.1) is 11.1 Å². The van der Waals surface area contributed by atoms with Gasteiger partial charge in [0.1, 0.15) is 0 Å². The summed E-state index contributed by atoms with van der Waals surface area (Å²) in [5.41, 5.74) is 0.374. The summed E-state index contributed by atoms with van der Waals surface area (Å²) in [5, 5.41) is 0. The van der Waals surface area contributed by atoms with Gasteiger partial charge in [-0.2, -0.15) is 0 Å². The fraction of sp³-hybridized carbons (Fsp3) is 0.182. The molecule has 0 unspecified atom stereocenters. The Labute approximate surface area is 100 Å². The van der Waals surface area contributed by atoms with E-state index in [9.17, 15) is 13.6 Å². The molecular weight excluding hydrogens is 282 g/mol. The minimum absolute atomic E-state index is 0.0102. The maximum absolute atomic E-state index is 13.0. The Hall–Kier alpha value is -1.23. The van der Waals surface area contributed by atoms with Crippen molar-refractivity contribution < 1.29 is 18.3 Å². The summed E-state index contributed by atoms with van der Waals surface area (Å²) >= 11 is 2.87. The number of ether oxygens (including phenoxy) is 1. The molecule has 0 saturated heterocycles. The maximum atomic E-state index is 13.0. The molecule has 0 aliphatic rings. The van der Waals surface area contributed by atoms with E-state index in [4.69, 9.17) is 0 Å². The summed E-state index contributed by atoms with van der Waals surface area (Å²) in [7, 11) is 0. The van der Waals surface area contributed by atoms with E-state index >= 15 is 0 Å². The molecule has 1 rings (SSSR count). The molecule has 0 N–H and O–H groups in total. The highest BCUT2D eigenvalue weighted by Gasteiger charge is 2.07. The van der Waals surface area contributed by atoms with Crippen molar-refractivity contribution in [3.8, 4) is 0 Å². The van der Waals surface area contributed by atoms with Crippen molar-refractivity contribution in [2.75, 3.05) is 6.61 Å². The zero-order valence-electron chi connectivity index (χ0n) is 8.47. The predicted molar refractivity (Wildman–Crippen MR) is 59.7 cm³/mol. The lowest BCUT2D eigenvalue weighted by Gasteiger charge is -1.99. The summed E-state index contributed by atoms with van der Waals surface area (Å²) in [6, 6.07) is 2.37. The summed E-state index contributed by atoms with van der Waals surface area (Å²) in [6.45, 7) is 1.95. The second-order valence-electron chi connectivity index (χ2n) is 2.88. The summed E-state index contributed by atoms with van der Waals surface area (Å²) < 4.78 is 30.5. The van der Waals surface area contributed by atoms with Crippen LogP contribution in [0, 0.1) is 11.6 Å². The van der Waals surface area contributed by atoms with E-state index in [-0.39, 0.29) is 11.1 Å². The minimum atomic E-state index is -0.974. The van der Waals surface area contributed by atoms with Gasteiger partial charge in [-0.15, -0.1) is 0 Å². The van der Waals surface area contributed by atoms with Gasteiger partial charge in [-0.1, -0.05) is 0 Å². The molecule has 0 aliphatic heterocycles. The second kappa shape index (κ2) is 5.75. The van der Waals surface area contributed by atoms with Crippen LogP contribution in [0.5, 0.6) is 0 Å². The average Bonchev–Trinajstić information content (AvgIpc) is 2.23. The van der Waals surface area contributed by atoms with E-state index in [2.05, 4.69) is 20.7 Å². The first-order chi connectivity index (χ1) is 7.54. The van der Waals surface area contributed by atoms with Crippen molar-refractivity contribution in [1.29, 1.82) is 0 Å². The van der Waals surface area contributed by atoms with Gasteiger partial charge in [0.25, 0.3) is 0 Å². The predicted octanol–water partition coefficient (Wildman–Crippen LogP) is 3.30. The summed E-state index contributed by atoms with van der Waals surface area (Å²) in [6.07, 6.45) is 2.51. The first-order valence-electron chi connectivity index (χ1n) is 4.54.